The largest absolute Gasteiger partial charge is 0.357 e. The Labute approximate surface area is 170 Å². The van der Waals surface area contributed by atoms with Crippen LogP contribution in [0.1, 0.15) is 36.7 Å². The van der Waals surface area contributed by atoms with Gasteiger partial charge in [0, 0.05) is 39.2 Å². The number of halogens is 4. The summed E-state index contributed by atoms with van der Waals surface area (Å²) >= 11 is 3.16. The molecule has 0 fully saturated rings. The predicted molar refractivity (Wildman–Crippen MR) is 109 cm³/mol. The molecule has 2 nitrogen and oxygen atoms in total. The van der Waals surface area contributed by atoms with E-state index in [2.05, 4.69) is 20.9 Å². The molecule has 1 aliphatic heterocycles. The van der Waals surface area contributed by atoms with Crippen LogP contribution in [-0.2, 0) is 6.42 Å². The van der Waals surface area contributed by atoms with Crippen LogP contribution in [0.25, 0.3) is 10.9 Å². The highest BCUT2D eigenvalue weighted by atomic mass is 79.9. The topological polar surface area (TPSA) is 19.0 Å². The van der Waals surface area contributed by atoms with Gasteiger partial charge in [-0.2, -0.15) is 0 Å². The van der Waals surface area contributed by atoms with Crippen LogP contribution < -0.4 is 0 Å². The molecule has 4 rings (SSSR count). The summed E-state index contributed by atoms with van der Waals surface area (Å²) in [6.45, 7) is 3.81. The van der Waals surface area contributed by atoms with Gasteiger partial charge in [-0.05, 0) is 43.0 Å². The summed E-state index contributed by atoms with van der Waals surface area (Å²) in [4.78, 5) is 5.42. The first-order valence-electron chi connectivity index (χ1n) is 9.46. The second kappa shape index (κ2) is 7.56. The van der Waals surface area contributed by atoms with Gasteiger partial charge in [0.15, 0.2) is 0 Å². The fourth-order valence-corrected chi connectivity index (χ4v) is 4.73. The van der Waals surface area contributed by atoms with Crippen molar-refractivity contribution in [1.82, 2.24) is 9.88 Å². The monoisotopic (exact) mass is 450 g/mol. The van der Waals surface area contributed by atoms with Crippen LogP contribution in [0.15, 0.2) is 40.9 Å². The van der Waals surface area contributed by atoms with Gasteiger partial charge in [0.2, 0.25) is 0 Å². The van der Waals surface area contributed by atoms with Gasteiger partial charge in [-0.15, -0.1) is 0 Å². The Morgan fingerprint density at radius 3 is 2.57 bits per heavy atom. The van der Waals surface area contributed by atoms with Crippen molar-refractivity contribution in [1.29, 1.82) is 0 Å². The van der Waals surface area contributed by atoms with Crippen molar-refractivity contribution < 1.29 is 13.2 Å². The molecule has 3 atom stereocenters. The molecule has 28 heavy (non-hydrogen) atoms. The standard InChI is InChI=1S/C22H22BrF3N2/c1-12(10-24)11-28-13(2)7-16-15-5-3-4-6-19(15)27-21(16)22(28)20-17(25)8-14(23)9-18(20)26/h3-6,8-9,12-13,22,27H,7,10-11H2,1-2H3/t12?,13-,22-/m1/s1. The molecule has 1 aromatic heterocycles. The quantitative estimate of drug-likeness (QED) is 0.504. The number of alkyl halides is 1. The Hall–Kier alpha value is -1.79. The van der Waals surface area contributed by atoms with Crippen molar-refractivity contribution in [3.05, 3.63) is 69.3 Å². The summed E-state index contributed by atoms with van der Waals surface area (Å²) in [5, 5.41) is 1.07. The predicted octanol–water partition coefficient (Wildman–Crippen LogP) is 6.15. The Balaban J connectivity index is 1.95. The highest BCUT2D eigenvalue weighted by Gasteiger charge is 2.39. The van der Waals surface area contributed by atoms with E-state index >= 15 is 0 Å². The lowest BCUT2D eigenvalue weighted by Crippen LogP contribution is -2.45. The number of rotatable bonds is 4. The Morgan fingerprint density at radius 2 is 1.89 bits per heavy atom. The van der Waals surface area contributed by atoms with E-state index in [9.17, 15) is 13.2 Å². The first kappa shape index (κ1) is 19.5. The van der Waals surface area contributed by atoms with Crippen LogP contribution in [0.2, 0.25) is 0 Å². The number of aromatic amines is 1. The molecule has 0 saturated heterocycles. The molecule has 0 radical (unpaired) electrons. The van der Waals surface area contributed by atoms with Crippen molar-refractivity contribution >= 4 is 26.8 Å². The summed E-state index contributed by atoms with van der Waals surface area (Å²) < 4.78 is 43.6. The zero-order valence-electron chi connectivity index (χ0n) is 15.8. The molecule has 0 amide bonds. The van der Waals surface area contributed by atoms with Crippen LogP contribution in [0, 0.1) is 17.6 Å². The molecule has 1 aliphatic rings. The molecule has 6 heteroatoms. The molecular weight excluding hydrogens is 429 g/mol. The van der Waals surface area contributed by atoms with E-state index in [-0.39, 0.29) is 17.5 Å². The number of para-hydroxylation sites is 1. The van der Waals surface area contributed by atoms with E-state index in [4.69, 9.17) is 0 Å². The van der Waals surface area contributed by atoms with Gasteiger partial charge in [0.25, 0.3) is 0 Å². The third kappa shape index (κ3) is 3.26. The minimum atomic E-state index is -0.631. The highest BCUT2D eigenvalue weighted by Crippen LogP contribution is 2.43. The molecule has 1 N–H and O–H groups in total. The summed E-state index contributed by atoms with van der Waals surface area (Å²) in [5.41, 5.74) is 2.83. The number of H-pyrrole nitrogens is 1. The second-order valence-corrected chi connectivity index (χ2v) is 8.67. The highest BCUT2D eigenvalue weighted by molar-refractivity contribution is 9.10. The number of hydrogen-bond donors (Lipinski definition) is 1. The molecule has 0 bridgehead atoms. The maximum Gasteiger partial charge on any atom is 0.132 e. The molecule has 3 aromatic rings. The molecule has 2 heterocycles. The zero-order chi connectivity index (χ0) is 20.0. The summed E-state index contributed by atoms with van der Waals surface area (Å²) in [7, 11) is 0. The van der Waals surface area contributed by atoms with E-state index in [0.717, 1.165) is 28.6 Å². The fourth-order valence-electron chi connectivity index (χ4n) is 4.33. The second-order valence-electron chi connectivity index (χ2n) is 7.76. The normalized spacial score (nSPS) is 21.1. The van der Waals surface area contributed by atoms with Gasteiger partial charge in [-0.1, -0.05) is 41.1 Å². The minimum absolute atomic E-state index is 0.00798. The number of nitrogens with zero attached hydrogens (tertiary/aromatic N) is 1. The van der Waals surface area contributed by atoms with Gasteiger partial charge < -0.3 is 4.98 Å². The SMILES string of the molecule is CC(CF)CN1[C@H](c2c(F)cc(Br)cc2F)c2[nH]c3ccccc3c2C[C@H]1C. The van der Waals surface area contributed by atoms with Crippen molar-refractivity contribution in [2.24, 2.45) is 5.92 Å². The third-order valence-corrected chi connectivity index (χ3v) is 6.08. The molecule has 0 saturated carbocycles. The maximum atomic E-state index is 15.0. The Bertz CT molecular complexity index is 993. The Kier molecular flexibility index (Phi) is 5.27. The summed E-state index contributed by atoms with van der Waals surface area (Å²) in [5.74, 6) is -1.43. The molecule has 2 aromatic carbocycles. The maximum absolute atomic E-state index is 15.0. The van der Waals surface area contributed by atoms with Gasteiger partial charge in [-0.25, -0.2) is 8.78 Å². The molecule has 148 valence electrons. The minimum Gasteiger partial charge on any atom is -0.357 e. The average Bonchev–Trinajstić information content (AvgIpc) is 3.01. The van der Waals surface area contributed by atoms with Gasteiger partial charge in [0.1, 0.15) is 11.6 Å². The fraction of sp³-hybridized carbons (Fsp3) is 0.364. The average molecular weight is 451 g/mol. The van der Waals surface area contributed by atoms with Crippen LogP contribution in [0.3, 0.4) is 0 Å². The van der Waals surface area contributed by atoms with Crippen molar-refractivity contribution in [2.45, 2.75) is 32.4 Å². The number of fused-ring (bicyclic) bond motifs is 3. The molecule has 0 spiro atoms. The third-order valence-electron chi connectivity index (χ3n) is 5.62. The van der Waals surface area contributed by atoms with E-state index in [1.165, 1.54) is 12.1 Å². The number of aromatic nitrogens is 1. The van der Waals surface area contributed by atoms with E-state index in [1.807, 2.05) is 43.0 Å². The van der Waals surface area contributed by atoms with Crippen LogP contribution in [0.5, 0.6) is 0 Å². The van der Waals surface area contributed by atoms with E-state index in [0.29, 0.717) is 11.0 Å². The molecule has 0 aliphatic carbocycles. The first-order valence-corrected chi connectivity index (χ1v) is 10.3. The van der Waals surface area contributed by atoms with Crippen LogP contribution in [0.4, 0.5) is 13.2 Å². The first-order chi connectivity index (χ1) is 13.4. The summed E-state index contributed by atoms with van der Waals surface area (Å²) in [6.07, 6.45) is 0.745. The van der Waals surface area contributed by atoms with Crippen LogP contribution in [-0.4, -0.2) is 29.1 Å². The Morgan fingerprint density at radius 1 is 1.21 bits per heavy atom. The molecular formula is C22H22BrF3N2. The van der Waals surface area contributed by atoms with Crippen LogP contribution >= 0.6 is 15.9 Å². The van der Waals surface area contributed by atoms with Gasteiger partial charge >= 0.3 is 0 Å². The lowest BCUT2D eigenvalue weighted by molar-refractivity contribution is 0.115. The van der Waals surface area contributed by atoms with Gasteiger partial charge in [0.05, 0.1) is 12.7 Å². The van der Waals surface area contributed by atoms with Crippen molar-refractivity contribution in [3.8, 4) is 0 Å². The smallest absolute Gasteiger partial charge is 0.132 e. The van der Waals surface area contributed by atoms with E-state index in [1.54, 1.807) is 0 Å². The lowest BCUT2D eigenvalue weighted by atomic mass is 9.87. The van der Waals surface area contributed by atoms with E-state index < -0.39 is 24.4 Å². The lowest BCUT2D eigenvalue weighted by Gasteiger charge is -2.42. The number of benzene rings is 2. The summed E-state index contributed by atoms with van der Waals surface area (Å²) in [6, 6.07) is 9.87. The van der Waals surface area contributed by atoms with Gasteiger partial charge in [-0.3, -0.25) is 9.29 Å². The number of hydrogen-bond acceptors (Lipinski definition) is 1. The van der Waals surface area contributed by atoms with Crippen molar-refractivity contribution in [3.63, 3.8) is 0 Å². The van der Waals surface area contributed by atoms with Crippen molar-refractivity contribution in [2.75, 3.05) is 13.2 Å². The number of nitrogens with one attached hydrogen (secondary N) is 1. The molecule has 1 unspecified atom stereocenters. The zero-order valence-corrected chi connectivity index (χ0v) is 17.4.